The molecule has 0 unspecified atom stereocenters. The second kappa shape index (κ2) is 11.3. The summed E-state index contributed by atoms with van der Waals surface area (Å²) in [7, 11) is -3.69. The zero-order chi connectivity index (χ0) is 26.4. The number of amides is 1. The molecule has 1 fully saturated rings. The summed E-state index contributed by atoms with van der Waals surface area (Å²) in [5.41, 5.74) is 0.906. The maximum absolute atomic E-state index is 12.6. The largest absolute Gasteiger partial charge is 0.490 e. The molecule has 7 nitrogen and oxygen atoms in total. The zero-order valence-corrected chi connectivity index (χ0v) is 20.6. The Morgan fingerprint density at radius 3 is 2.00 bits per heavy atom. The number of carbonyl (C=O) groups is 2. The number of alkyl halides is 3. The highest BCUT2D eigenvalue weighted by atomic mass is 35.5. The monoisotopic (exact) mass is 534 g/mol. The SMILES string of the molecule is CC(C)CCNC(=O)C1(c2ccc(NS(=O)(=O)c3ccc(Cl)cc3)cc2)CC1.O=C(O)C(F)(F)F. The van der Waals surface area contributed by atoms with E-state index in [9.17, 15) is 26.4 Å². The molecular formula is C23H26ClF3N2O5S. The van der Waals surface area contributed by atoms with E-state index in [1.165, 1.54) is 24.3 Å². The van der Waals surface area contributed by atoms with Crippen molar-refractivity contribution in [2.75, 3.05) is 11.3 Å². The van der Waals surface area contributed by atoms with Crippen LogP contribution >= 0.6 is 11.6 Å². The number of hydrogen-bond donors (Lipinski definition) is 3. The fourth-order valence-corrected chi connectivity index (χ4v) is 4.29. The van der Waals surface area contributed by atoms with Gasteiger partial charge >= 0.3 is 12.1 Å². The van der Waals surface area contributed by atoms with E-state index in [2.05, 4.69) is 23.9 Å². The van der Waals surface area contributed by atoms with Crippen molar-refractivity contribution in [3.63, 3.8) is 0 Å². The van der Waals surface area contributed by atoms with Crippen LogP contribution in [0.25, 0.3) is 0 Å². The van der Waals surface area contributed by atoms with Crippen molar-refractivity contribution >= 4 is 39.2 Å². The normalized spacial score (nSPS) is 14.5. The van der Waals surface area contributed by atoms with Gasteiger partial charge in [-0.1, -0.05) is 37.6 Å². The Balaban J connectivity index is 0.000000540. The van der Waals surface area contributed by atoms with E-state index in [0.717, 1.165) is 24.8 Å². The number of hydrogen-bond acceptors (Lipinski definition) is 4. The highest BCUT2D eigenvalue weighted by Crippen LogP contribution is 2.48. The van der Waals surface area contributed by atoms with Crippen LogP contribution < -0.4 is 10.0 Å². The first-order valence-electron chi connectivity index (χ1n) is 10.6. The zero-order valence-electron chi connectivity index (χ0n) is 19.0. The van der Waals surface area contributed by atoms with Gasteiger partial charge in [0.25, 0.3) is 10.0 Å². The molecule has 2 aromatic rings. The highest BCUT2D eigenvalue weighted by Gasteiger charge is 2.51. The van der Waals surface area contributed by atoms with E-state index in [1.807, 2.05) is 12.1 Å². The van der Waals surface area contributed by atoms with E-state index in [-0.39, 0.29) is 10.8 Å². The van der Waals surface area contributed by atoms with Crippen molar-refractivity contribution in [3.8, 4) is 0 Å². The quantitative estimate of drug-likeness (QED) is 0.443. The second-order valence-corrected chi connectivity index (χ2v) is 10.6. The molecule has 2 aromatic carbocycles. The molecule has 0 aromatic heterocycles. The number of aliphatic carboxylic acids is 1. The molecule has 0 atom stereocenters. The van der Waals surface area contributed by atoms with E-state index >= 15 is 0 Å². The van der Waals surface area contributed by atoms with Gasteiger partial charge < -0.3 is 10.4 Å². The Morgan fingerprint density at radius 2 is 1.57 bits per heavy atom. The molecule has 0 radical (unpaired) electrons. The third-order valence-corrected chi connectivity index (χ3v) is 6.90. The van der Waals surface area contributed by atoms with Crippen LogP contribution in [0.4, 0.5) is 18.9 Å². The summed E-state index contributed by atoms with van der Waals surface area (Å²) in [6.07, 6.45) is -2.50. The first-order chi connectivity index (χ1) is 16.2. The third kappa shape index (κ3) is 8.14. The van der Waals surface area contributed by atoms with Crippen molar-refractivity contribution in [1.82, 2.24) is 5.32 Å². The minimum Gasteiger partial charge on any atom is -0.475 e. The van der Waals surface area contributed by atoms with Gasteiger partial charge in [-0.25, -0.2) is 13.2 Å². The maximum atomic E-state index is 12.6. The van der Waals surface area contributed by atoms with Gasteiger partial charge in [0.05, 0.1) is 10.3 Å². The van der Waals surface area contributed by atoms with Crippen molar-refractivity contribution in [2.24, 2.45) is 5.92 Å². The molecule has 0 heterocycles. The molecule has 12 heteroatoms. The van der Waals surface area contributed by atoms with Gasteiger partial charge in [-0.3, -0.25) is 9.52 Å². The second-order valence-electron chi connectivity index (χ2n) is 8.46. The number of carbonyl (C=O) groups excluding carboxylic acids is 1. The Morgan fingerprint density at radius 1 is 1.06 bits per heavy atom. The minimum absolute atomic E-state index is 0.0580. The third-order valence-electron chi connectivity index (χ3n) is 5.25. The van der Waals surface area contributed by atoms with Crippen LogP contribution in [0.5, 0.6) is 0 Å². The molecule has 1 aliphatic carbocycles. The molecule has 1 amide bonds. The molecule has 1 aliphatic rings. The number of rotatable bonds is 8. The van der Waals surface area contributed by atoms with E-state index in [1.54, 1.807) is 12.1 Å². The van der Waals surface area contributed by atoms with E-state index in [4.69, 9.17) is 21.5 Å². The summed E-state index contributed by atoms with van der Waals surface area (Å²) in [6.45, 7) is 4.93. The number of carboxylic acids is 1. The topological polar surface area (TPSA) is 113 Å². The minimum atomic E-state index is -5.08. The van der Waals surface area contributed by atoms with Crippen LogP contribution in [0.2, 0.25) is 5.02 Å². The lowest BCUT2D eigenvalue weighted by Crippen LogP contribution is -2.35. The van der Waals surface area contributed by atoms with Crippen LogP contribution in [0.15, 0.2) is 53.4 Å². The summed E-state index contributed by atoms with van der Waals surface area (Å²) >= 11 is 5.81. The smallest absolute Gasteiger partial charge is 0.475 e. The molecule has 3 N–H and O–H groups in total. The predicted octanol–water partition coefficient (Wildman–Crippen LogP) is 4.97. The van der Waals surface area contributed by atoms with Crippen LogP contribution in [0.3, 0.4) is 0 Å². The van der Waals surface area contributed by atoms with Gasteiger partial charge in [0, 0.05) is 17.3 Å². The van der Waals surface area contributed by atoms with Gasteiger partial charge in [-0.05, 0) is 67.1 Å². The molecular weight excluding hydrogens is 509 g/mol. The first kappa shape index (κ1) is 28.4. The number of halogens is 4. The number of sulfonamides is 1. The lowest BCUT2D eigenvalue weighted by molar-refractivity contribution is -0.192. The van der Waals surface area contributed by atoms with Gasteiger partial charge in [-0.2, -0.15) is 13.2 Å². The van der Waals surface area contributed by atoms with Crippen molar-refractivity contribution < 1.29 is 36.3 Å². The fourth-order valence-electron chi connectivity index (χ4n) is 3.10. The fraction of sp³-hybridized carbons (Fsp3) is 0.391. The lowest BCUT2D eigenvalue weighted by Gasteiger charge is -2.17. The molecule has 0 bridgehead atoms. The average molecular weight is 535 g/mol. The molecule has 192 valence electrons. The van der Waals surface area contributed by atoms with Crippen LogP contribution in [0.1, 0.15) is 38.7 Å². The van der Waals surface area contributed by atoms with Crippen LogP contribution in [-0.2, 0) is 25.0 Å². The molecule has 0 spiro atoms. The number of anilines is 1. The first-order valence-corrected chi connectivity index (χ1v) is 12.5. The molecule has 0 aliphatic heterocycles. The Kier molecular flexibility index (Phi) is 9.18. The predicted molar refractivity (Wildman–Crippen MR) is 126 cm³/mol. The van der Waals surface area contributed by atoms with Crippen molar-refractivity contribution in [2.45, 2.75) is 49.6 Å². The number of carboxylic acid groups (broad SMARTS) is 1. The number of nitrogens with one attached hydrogen (secondary N) is 2. The molecule has 0 saturated heterocycles. The summed E-state index contributed by atoms with van der Waals surface area (Å²) in [5, 5.41) is 10.6. The Hall–Kier alpha value is -2.79. The van der Waals surface area contributed by atoms with Crippen molar-refractivity contribution in [1.29, 1.82) is 0 Å². The molecule has 3 rings (SSSR count). The van der Waals surface area contributed by atoms with Gasteiger partial charge in [0.1, 0.15) is 0 Å². The average Bonchev–Trinajstić information content (AvgIpc) is 3.56. The van der Waals surface area contributed by atoms with Crippen LogP contribution in [-0.4, -0.2) is 38.1 Å². The Labute approximate surface area is 206 Å². The summed E-state index contributed by atoms with van der Waals surface area (Å²) in [6, 6.07) is 13.0. The summed E-state index contributed by atoms with van der Waals surface area (Å²) in [5.74, 6) is -2.15. The van der Waals surface area contributed by atoms with E-state index < -0.39 is 27.6 Å². The summed E-state index contributed by atoms with van der Waals surface area (Å²) < 4.78 is 59.2. The molecule has 35 heavy (non-hydrogen) atoms. The number of benzene rings is 2. The molecule has 1 saturated carbocycles. The van der Waals surface area contributed by atoms with Gasteiger partial charge in [0.2, 0.25) is 5.91 Å². The maximum Gasteiger partial charge on any atom is 0.490 e. The Bertz CT molecular complexity index is 1130. The van der Waals surface area contributed by atoms with E-state index in [0.29, 0.717) is 23.2 Å². The van der Waals surface area contributed by atoms with Crippen LogP contribution in [0, 0.1) is 5.92 Å². The lowest BCUT2D eigenvalue weighted by atomic mass is 9.94. The summed E-state index contributed by atoms with van der Waals surface area (Å²) in [4.78, 5) is 21.6. The van der Waals surface area contributed by atoms with Gasteiger partial charge in [0.15, 0.2) is 0 Å². The van der Waals surface area contributed by atoms with Gasteiger partial charge in [-0.15, -0.1) is 0 Å². The van der Waals surface area contributed by atoms with Crippen molar-refractivity contribution in [3.05, 3.63) is 59.1 Å². The standard InChI is InChI=1S/C21H25ClN2O3S.C2HF3O2/c1-15(2)11-14-23-20(25)21(12-13-21)16-3-7-18(8-4-16)24-28(26,27)19-9-5-17(22)6-10-19;3-2(4,5)1(6)7/h3-10,15,24H,11-14H2,1-2H3,(H,23,25);(H,6,7). The highest BCUT2D eigenvalue weighted by molar-refractivity contribution is 7.92.